The van der Waals surface area contributed by atoms with Crippen LogP contribution in [0.3, 0.4) is 0 Å². The highest BCUT2D eigenvalue weighted by atomic mass is 16.7. The van der Waals surface area contributed by atoms with Gasteiger partial charge in [-0.15, -0.1) is 0 Å². The van der Waals surface area contributed by atoms with E-state index < -0.39 is 11.2 Å². The van der Waals surface area contributed by atoms with Crippen molar-refractivity contribution in [2.75, 3.05) is 12.1 Å². The minimum Gasteiger partial charge on any atom is -0.454 e. The summed E-state index contributed by atoms with van der Waals surface area (Å²) in [6.45, 7) is 2.65. The fraction of sp³-hybridized carbons (Fsp3) is 0.143. The quantitative estimate of drug-likeness (QED) is 0.537. The Hall–Kier alpha value is -4.14. The normalized spacial score (nSPS) is 12.3. The molecule has 0 spiro atoms. The van der Waals surface area contributed by atoms with E-state index in [2.05, 4.69) is 20.3 Å². The van der Waals surface area contributed by atoms with Crippen LogP contribution < -0.4 is 26.0 Å². The van der Waals surface area contributed by atoms with E-state index in [1.165, 1.54) is 6.20 Å². The highest BCUT2D eigenvalue weighted by Crippen LogP contribution is 2.33. The maximum atomic E-state index is 13.0. The molecule has 0 fully saturated rings. The number of rotatable bonds is 4. The summed E-state index contributed by atoms with van der Waals surface area (Å²) >= 11 is 0. The van der Waals surface area contributed by atoms with Gasteiger partial charge in [0, 0.05) is 18.8 Å². The van der Waals surface area contributed by atoms with Crippen LogP contribution in [-0.4, -0.2) is 26.3 Å². The van der Waals surface area contributed by atoms with Gasteiger partial charge in [-0.2, -0.15) is 4.98 Å². The Bertz CT molecular complexity index is 1390. The number of hydrogen-bond donors (Lipinski definition) is 2. The lowest BCUT2D eigenvalue weighted by atomic mass is 10.1. The topological polar surface area (TPSA) is 111 Å². The van der Waals surface area contributed by atoms with Gasteiger partial charge in [-0.05, 0) is 30.2 Å². The first-order chi connectivity index (χ1) is 14.6. The largest absolute Gasteiger partial charge is 0.454 e. The third kappa shape index (κ3) is 3.06. The summed E-state index contributed by atoms with van der Waals surface area (Å²) in [6, 6.07) is 12.8. The number of nitrogens with zero attached hydrogens (tertiary/aromatic N) is 3. The molecular weight excluding hydrogens is 386 g/mol. The van der Waals surface area contributed by atoms with Gasteiger partial charge in [-0.3, -0.25) is 9.78 Å². The van der Waals surface area contributed by atoms with Crippen LogP contribution in [0.5, 0.6) is 11.5 Å². The summed E-state index contributed by atoms with van der Waals surface area (Å²) in [5.41, 5.74) is 1.67. The van der Waals surface area contributed by atoms with E-state index >= 15 is 0 Å². The molecule has 1 aliphatic heterocycles. The van der Waals surface area contributed by atoms with Crippen molar-refractivity contribution in [1.82, 2.24) is 19.5 Å². The number of nitrogens with one attached hydrogen (secondary N) is 2. The lowest BCUT2D eigenvalue weighted by molar-refractivity contribution is 0.174. The van der Waals surface area contributed by atoms with E-state index in [-0.39, 0.29) is 17.8 Å². The molecule has 2 aromatic heterocycles. The molecule has 9 nitrogen and oxygen atoms in total. The molecule has 0 aliphatic carbocycles. The molecule has 30 heavy (non-hydrogen) atoms. The van der Waals surface area contributed by atoms with Crippen molar-refractivity contribution in [1.29, 1.82) is 0 Å². The van der Waals surface area contributed by atoms with Gasteiger partial charge in [0.25, 0.3) is 5.56 Å². The number of fused-ring (bicyclic) bond motifs is 2. The Morgan fingerprint density at radius 3 is 2.83 bits per heavy atom. The number of H-pyrrole nitrogens is 1. The molecule has 0 saturated carbocycles. The van der Waals surface area contributed by atoms with Gasteiger partial charge < -0.3 is 14.8 Å². The maximum absolute atomic E-state index is 13.0. The van der Waals surface area contributed by atoms with Crippen LogP contribution in [0.25, 0.3) is 16.7 Å². The van der Waals surface area contributed by atoms with E-state index in [1.807, 2.05) is 31.2 Å². The van der Waals surface area contributed by atoms with Crippen molar-refractivity contribution >= 4 is 17.0 Å². The number of hydrogen-bond acceptors (Lipinski definition) is 7. The standard InChI is InChI=1S/C21H17N5O4/c1-12-4-2-3-5-13(12)9-22-20-23-10-15-18(24-20)25-21(28)26(19(15)27)14-6-7-16-17(8-14)30-11-29-16/h2-8,10H,9,11H2,1H3,(H2,22,23,24,25,28). The summed E-state index contributed by atoms with van der Waals surface area (Å²) in [5, 5.41) is 3.33. The Kier molecular flexibility index (Phi) is 4.20. The van der Waals surface area contributed by atoms with Gasteiger partial charge in [0.2, 0.25) is 12.7 Å². The predicted octanol–water partition coefficient (Wildman–Crippen LogP) is 2.12. The molecule has 0 unspecified atom stereocenters. The minimum absolute atomic E-state index is 0.105. The lowest BCUT2D eigenvalue weighted by Gasteiger charge is -2.09. The van der Waals surface area contributed by atoms with Crippen LogP contribution in [0.2, 0.25) is 0 Å². The molecule has 4 aromatic rings. The molecule has 1 aliphatic rings. The van der Waals surface area contributed by atoms with Crippen molar-refractivity contribution in [3.63, 3.8) is 0 Å². The van der Waals surface area contributed by atoms with Crippen LogP contribution in [0.4, 0.5) is 5.95 Å². The third-order valence-corrected chi connectivity index (χ3v) is 4.96. The molecule has 9 heteroatoms. The molecule has 2 N–H and O–H groups in total. The molecule has 5 rings (SSSR count). The zero-order valence-corrected chi connectivity index (χ0v) is 16.0. The highest BCUT2D eigenvalue weighted by molar-refractivity contribution is 5.73. The molecular formula is C21H17N5O4. The van der Waals surface area contributed by atoms with E-state index in [1.54, 1.807) is 18.2 Å². The average molecular weight is 403 g/mol. The summed E-state index contributed by atoms with van der Waals surface area (Å²) in [5.74, 6) is 1.37. The van der Waals surface area contributed by atoms with Crippen molar-refractivity contribution < 1.29 is 9.47 Å². The molecule has 3 heterocycles. The number of anilines is 1. The smallest absolute Gasteiger partial charge is 0.334 e. The average Bonchev–Trinajstić information content (AvgIpc) is 3.21. The monoisotopic (exact) mass is 403 g/mol. The lowest BCUT2D eigenvalue weighted by Crippen LogP contribution is -2.34. The molecule has 0 radical (unpaired) electrons. The maximum Gasteiger partial charge on any atom is 0.334 e. The molecule has 0 bridgehead atoms. The first-order valence-corrected chi connectivity index (χ1v) is 9.30. The third-order valence-electron chi connectivity index (χ3n) is 4.96. The van der Waals surface area contributed by atoms with Crippen molar-refractivity contribution in [2.24, 2.45) is 0 Å². The first kappa shape index (κ1) is 17.9. The minimum atomic E-state index is -0.602. The SMILES string of the molecule is Cc1ccccc1CNc1ncc2c(=O)n(-c3ccc4c(c3)OCO4)c(=O)[nH]c2n1. The molecule has 0 amide bonds. The van der Waals surface area contributed by atoms with Gasteiger partial charge >= 0.3 is 5.69 Å². The molecule has 2 aromatic carbocycles. The first-order valence-electron chi connectivity index (χ1n) is 9.30. The number of aromatic nitrogens is 4. The van der Waals surface area contributed by atoms with Crippen molar-refractivity contribution in [2.45, 2.75) is 13.5 Å². The van der Waals surface area contributed by atoms with Crippen molar-refractivity contribution in [3.8, 4) is 17.2 Å². The predicted molar refractivity (Wildman–Crippen MR) is 110 cm³/mol. The number of benzene rings is 2. The van der Waals surface area contributed by atoms with E-state index in [9.17, 15) is 9.59 Å². The summed E-state index contributed by atoms with van der Waals surface area (Å²) in [7, 11) is 0. The van der Waals surface area contributed by atoms with E-state index in [0.29, 0.717) is 29.7 Å². The number of aryl methyl sites for hydroxylation is 1. The molecule has 150 valence electrons. The fourth-order valence-corrected chi connectivity index (χ4v) is 3.33. The summed E-state index contributed by atoms with van der Waals surface area (Å²) < 4.78 is 11.6. The second kappa shape index (κ2) is 7.03. The van der Waals surface area contributed by atoms with Gasteiger partial charge in [0.05, 0.1) is 5.69 Å². The van der Waals surface area contributed by atoms with Gasteiger partial charge in [0.1, 0.15) is 5.39 Å². The summed E-state index contributed by atoms with van der Waals surface area (Å²) in [4.78, 5) is 36.8. The van der Waals surface area contributed by atoms with Crippen LogP contribution in [0.1, 0.15) is 11.1 Å². The zero-order chi connectivity index (χ0) is 20.7. The fourth-order valence-electron chi connectivity index (χ4n) is 3.33. The number of ether oxygens (including phenoxy) is 2. The van der Waals surface area contributed by atoms with Crippen LogP contribution >= 0.6 is 0 Å². The van der Waals surface area contributed by atoms with Gasteiger partial charge in [0.15, 0.2) is 17.1 Å². The Labute approximate surface area is 170 Å². The zero-order valence-electron chi connectivity index (χ0n) is 16.0. The Morgan fingerprint density at radius 1 is 1.13 bits per heavy atom. The highest BCUT2D eigenvalue weighted by Gasteiger charge is 2.17. The second-order valence-electron chi connectivity index (χ2n) is 6.84. The van der Waals surface area contributed by atoms with Crippen molar-refractivity contribution in [3.05, 3.63) is 80.6 Å². The van der Waals surface area contributed by atoms with E-state index in [0.717, 1.165) is 15.7 Å². The van der Waals surface area contributed by atoms with E-state index in [4.69, 9.17) is 9.47 Å². The Morgan fingerprint density at radius 2 is 1.97 bits per heavy atom. The van der Waals surface area contributed by atoms with Gasteiger partial charge in [-0.1, -0.05) is 24.3 Å². The second-order valence-corrected chi connectivity index (χ2v) is 6.84. The molecule has 0 atom stereocenters. The summed E-state index contributed by atoms with van der Waals surface area (Å²) in [6.07, 6.45) is 1.41. The van der Waals surface area contributed by atoms with Gasteiger partial charge in [-0.25, -0.2) is 14.3 Å². The van der Waals surface area contributed by atoms with Crippen LogP contribution in [-0.2, 0) is 6.54 Å². The molecule has 0 saturated heterocycles. The van der Waals surface area contributed by atoms with Crippen LogP contribution in [0, 0.1) is 6.92 Å². The number of aromatic amines is 1. The Balaban J connectivity index is 1.51. The van der Waals surface area contributed by atoms with Crippen LogP contribution in [0.15, 0.2) is 58.3 Å².